The summed E-state index contributed by atoms with van der Waals surface area (Å²) >= 11 is 1.56. The first kappa shape index (κ1) is 14.8. The molecule has 0 rings (SSSR count). The summed E-state index contributed by atoms with van der Waals surface area (Å²) in [7, 11) is 0. The number of rotatable bonds is 5. The minimum Gasteiger partial charge on any atom is -0.480 e. The Morgan fingerprint density at radius 1 is 1.54 bits per heavy atom. The van der Waals surface area contributed by atoms with E-state index in [0.29, 0.717) is 6.42 Å². The van der Waals surface area contributed by atoms with Crippen LogP contribution in [0.5, 0.6) is 0 Å². The maximum Gasteiger partial charge on any atom is 0.326 e. The van der Waals surface area contributed by atoms with Crippen molar-refractivity contribution in [3.05, 3.63) is 0 Å². The van der Waals surface area contributed by atoms with E-state index in [0.717, 1.165) is 5.75 Å². The van der Waals surface area contributed by atoms with E-state index in [1.165, 1.54) is 6.92 Å². The minimum atomic E-state index is -0.973. The smallest absolute Gasteiger partial charge is 0.326 e. The monoisotopic (exact) mass is 208 g/mol. The average molecular weight is 208 g/mol. The summed E-state index contributed by atoms with van der Waals surface area (Å²) in [6.45, 7) is 1.31. The Balaban J connectivity index is 0. The Kier molecular flexibility index (Phi) is 8.94. The molecule has 0 aromatic heterocycles. The first-order valence-corrected chi connectivity index (χ1v) is 4.96. The normalized spacial score (nSPS) is 11.2. The fourth-order valence-corrected chi connectivity index (χ4v) is 1.21. The van der Waals surface area contributed by atoms with Gasteiger partial charge < -0.3 is 16.6 Å². The van der Waals surface area contributed by atoms with Gasteiger partial charge >= 0.3 is 5.97 Å². The van der Waals surface area contributed by atoms with Gasteiger partial charge in [-0.3, -0.25) is 4.79 Å². The molecule has 0 aliphatic rings. The third kappa shape index (κ3) is 7.61. The molecule has 0 aromatic carbocycles. The van der Waals surface area contributed by atoms with Crippen LogP contribution in [0.1, 0.15) is 13.3 Å². The summed E-state index contributed by atoms with van der Waals surface area (Å²) in [5, 5.41) is 11.0. The Bertz CT molecular complexity index is 175. The summed E-state index contributed by atoms with van der Waals surface area (Å²) in [5.41, 5.74) is 0. The van der Waals surface area contributed by atoms with Crippen molar-refractivity contribution in [3.63, 3.8) is 0 Å². The molecule has 0 saturated heterocycles. The zero-order valence-electron chi connectivity index (χ0n) is 7.87. The van der Waals surface area contributed by atoms with Gasteiger partial charge in [-0.2, -0.15) is 11.8 Å². The maximum absolute atomic E-state index is 10.5. The number of carbonyl (C=O) groups is 2. The van der Waals surface area contributed by atoms with Crippen molar-refractivity contribution < 1.29 is 14.7 Å². The van der Waals surface area contributed by atoms with Gasteiger partial charge in [0.25, 0.3) is 0 Å². The Morgan fingerprint density at radius 2 is 2.08 bits per heavy atom. The van der Waals surface area contributed by atoms with Crippen molar-refractivity contribution in [2.45, 2.75) is 19.4 Å². The molecule has 6 heteroatoms. The second kappa shape index (κ2) is 7.88. The lowest BCUT2D eigenvalue weighted by molar-refractivity contribution is -0.141. The zero-order valence-corrected chi connectivity index (χ0v) is 8.69. The third-order valence-electron chi connectivity index (χ3n) is 1.29. The highest BCUT2D eigenvalue weighted by Gasteiger charge is 2.16. The molecule has 0 aliphatic carbocycles. The molecule has 78 valence electrons. The van der Waals surface area contributed by atoms with Crippen molar-refractivity contribution in [1.29, 1.82) is 0 Å². The summed E-state index contributed by atoms with van der Waals surface area (Å²) < 4.78 is 0. The second-order valence-corrected chi connectivity index (χ2v) is 3.36. The lowest BCUT2D eigenvalue weighted by Gasteiger charge is -2.11. The van der Waals surface area contributed by atoms with E-state index in [4.69, 9.17) is 5.11 Å². The fourth-order valence-electron chi connectivity index (χ4n) is 0.738. The van der Waals surface area contributed by atoms with Crippen LogP contribution >= 0.6 is 11.8 Å². The number of carboxylic acid groups (broad SMARTS) is 1. The molecule has 1 amide bonds. The molecule has 0 aromatic rings. The number of nitrogens with one attached hydrogen (secondary N) is 1. The largest absolute Gasteiger partial charge is 0.480 e. The second-order valence-electron chi connectivity index (χ2n) is 2.37. The maximum atomic E-state index is 10.5. The number of carboxylic acids is 1. The SMILES string of the molecule is CSCCC(NC(C)=O)C(=O)O.N. The Morgan fingerprint density at radius 3 is 2.38 bits per heavy atom. The summed E-state index contributed by atoms with van der Waals surface area (Å²) in [5.74, 6) is -0.542. The highest BCUT2D eigenvalue weighted by molar-refractivity contribution is 7.98. The van der Waals surface area contributed by atoms with Crippen LogP contribution in [0.4, 0.5) is 0 Å². The van der Waals surface area contributed by atoms with Gasteiger partial charge in [0.15, 0.2) is 0 Å². The Labute approximate surface area is 81.9 Å². The number of carbonyl (C=O) groups excluding carboxylic acids is 1. The standard InChI is InChI=1S/C7H13NO3S.H3N/c1-5(9)8-6(7(10)11)3-4-12-2;/h6H,3-4H2,1-2H3,(H,8,9)(H,10,11);1H3. The molecular weight excluding hydrogens is 192 g/mol. The molecule has 5 nitrogen and oxygen atoms in total. The van der Waals surface area contributed by atoms with E-state index >= 15 is 0 Å². The van der Waals surface area contributed by atoms with E-state index < -0.39 is 12.0 Å². The van der Waals surface area contributed by atoms with E-state index in [-0.39, 0.29) is 12.1 Å². The number of amides is 1. The van der Waals surface area contributed by atoms with Crippen LogP contribution < -0.4 is 11.5 Å². The first-order chi connectivity index (χ1) is 5.57. The van der Waals surface area contributed by atoms with Gasteiger partial charge in [-0.15, -0.1) is 0 Å². The minimum absolute atomic E-state index is 0. The molecular formula is C7H16N2O3S. The number of hydrogen-bond acceptors (Lipinski definition) is 4. The van der Waals surface area contributed by atoms with Gasteiger partial charge in [0, 0.05) is 6.92 Å². The molecule has 0 fully saturated rings. The van der Waals surface area contributed by atoms with Crippen LogP contribution in [0, 0.1) is 0 Å². The predicted molar refractivity (Wildman–Crippen MR) is 53.3 cm³/mol. The van der Waals surface area contributed by atoms with Gasteiger partial charge in [0.05, 0.1) is 0 Å². The van der Waals surface area contributed by atoms with Gasteiger partial charge in [0.2, 0.25) is 5.91 Å². The fraction of sp³-hybridized carbons (Fsp3) is 0.714. The molecule has 1 unspecified atom stereocenters. The van der Waals surface area contributed by atoms with Crippen LogP contribution in [0.2, 0.25) is 0 Å². The number of thioether (sulfide) groups is 1. The number of aliphatic carboxylic acids is 1. The highest BCUT2D eigenvalue weighted by Crippen LogP contribution is 2.00. The van der Waals surface area contributed by atoms with Crippen molar-refractivity contribution in [2.75, 3.05) is 12.0 Å². The molecule has 0 spiro atoms. The molecule has 0 aliphatic heterocycles. The van der Waals surface area contributed by atoms with Crippen molar-refractivity contribution in [3.8, 4) is 0 Å². The summed E-state index contributed by atoms with van der Waals surface area (Å²) in [4.78, 5) is 21.1. The van der Waals surface area contributed by atoms with Gasteiger partial charge in [-0.05, 0) is 18.4 Å². The molecule has 5 N–H and O–H groups in total. The molecule has 0 radical (unpaired) electrons. The number of hydrogen-bond donors (Lipinski definition) is 3. The quantitative estimate of drug-likeness (QED) is 0.610. The van der Waals surface area contributed by atoms with E-state index in [9.17, 15) is 9.59 Å². The average Bonchev–Trinajstić information content (AvgIpc) is 1.96. The summed E-state index contributed by atoms with van der Waals surface area (Å²) in [6, 6.07) is -0.741. The summed E-state index contributed by atoms with van der Waals surface area (Å²) in [6.07, 6.45) is 2.36. The van der Waals surface area contributed by atoms with Gasteiger partial charge in [-0.25, -0.2) is 4.79 Å². The molecule has 13 heavy (non-hydrogen) atoms. The van der Waals surface area contributed by atoms with Crippen molar-refractivity contribution >= 4 is 23.6 Å². The van der Waals surface area contributed by atoms with Gasteiger partial charge in [-0.1, -0.05) is 0 Å². The van der Waals surface area contributed by atoms with Gasteiger partial charge in [0.1, 0.15) is 6.04 Å². The zero-order chi connectivity index (χ0) is 9.56. The van der Waals surface area contributed by atoms with E-state index in [1.54, 1.807) is 11.8 Å². The van der Waals surface area contributed by atoms with Crippen LogP contribution in [-0.4, -0.2) is 35.0 Å². The molecule has 0 heterocycles. The van der Waals surface area contributed by atoms with Crippen LogP contribution in [0.25, 0.3) is 0 Å². The third-order valence-corrected chi connectivity index (χ3v) is 1.93. The molecule has 0 bridgehead atoms. The van der Waals surface area contributed by atoms with Crippen LogP contribution in [-0.2, 0) is 9.59 Å². The molecule has 1 atom stereocenters. The molecule has 0 saturated carbocycles. The van der Waals surface area contributed by atoms with E-state index in [1.807, 2.05) is 6.26 Å². The first-order valence-electron chi connectivity index (χ1n) is 3.56. The Hall–Kier alpha value is -0.750. The van der Waals surface area contributed by atoms with Crippen molar-refractivity contribution in [1.82, 2.24) is 11.5 Å². The lowest BCUT2D eigenvalue weighted by atomic mass is 10.2. The van der Waals surface area contributed by atoms with E-state index in [2.05, 4.69) is 5.32 Å². The topological polar surface area (TPSA) is 101 Å². The lowest BCUT2D eigenvalue weighted by Crippen LogP contribution is -2.39. The highest BCUT2D eigenvalue weighted by atomic mass is 32.2. The van der Waals surface area contributed by atoms with Crippen LogP contribution in [0.3, 0.4) is 0 Å². The van der Waals surface area contributed by atoms with Crippen LogP contribution in [0.15, 0.2) is 0 Å². The predicted octanol–water partition coefficient (Wildman–Crippen LogP) is 0.491. The van der Waals surface area contributed by atoms with Crippen molar-refractivity contribution in [2.24, 2.45) is 0 Å².